The molecule has 0 amide bonds. The zero-order valence-electron chi connectivity index (χ0n) is 13.0. The number of nitrogens with zero attached hydrogens (tertiary/aromatic N) is 4. The number of pyridine rings is 1. The molecule has 6 nitrogen and oxygen atoms in total. The van der Waals surface area contributed by atoms with E-state index in [1.165, 1.54) is 4.68 Å². The molecular weight excluding hydrogens is 328 g/mol. The lowest BCUT2D eigenvalue weighted by atomic mass is 10.2. The molecule has 0 aliphatic heterocycles. The molecule has 0 aliphatic carbocycles. The Kier molecular flexibility index (Phi) is 3.28. The van der Waals surface area contributed by atoms with Gasteiger partial charge in [-0.1, -0.05) is 17.7 Å². The summed E-state index contributed by atoms with van der Waals surface area (Å²) in [5, 5.41) is 6.24. The second kappa shape index (κ2) is 5.35. The first-order chi connectivity index (χ1) is 11.5. The number of ether oxygens (including phenoxy) is 1. The van der Waals surface area contributed by atoms with Gasteiger partial charge in [-0.05, 0) is 18.2 Å². The molecule has 0 spiro atoms. The Balaban J connectivity index is 1.89. The number of hydrogen-bond donors (Lipinski definition) is 0. The van der Waals surface area contributed by atoms with Gasteiger partial charge in [-0.25, -0.2) is 9.67 Å². The van der Waals surface area contributed by atoms with Crippen LogP contribution >= 0.6 is 11.6 Å². The van der Waals surface area contributed by atoms with E-state index in [4.69, 9.17) is 16.3 Å². The summed E-state index contributed by atoms with van der Waals surface area (Å²) in [6, 6.07) is 10.8. The van der Waals surface area contributed by atoms with Crippen LogP contribution in [0.3, 0.4) is 0 Å². The van der Waals surface area contributed by atoms with Crippen molar-refractivity contribution in [3.05, 3.63) is 58.1 Å². The maximum Gasteiger partial charge on any atom is 0.291 e. The number of benzene rings is 1. The van der Waals surface area contributed by atoms with Crippen molar-refractivity contribution >= 4 is 33.4 Å². The molecule has 3 aromatic heterocycles. The topological polar surface area (TPSA) is 61.9 Å². The highest BCUT2D eigenvalue weighted by molar-refractivity contribution is 6.29. The van der Waals surface area contributed by atoms with Gasteiger partial charge < -0.3 is 9.30 Å². The van der Waals surface area contributed by atoms with Crippen molar-refractivity contribution in [1.29, 1.82) is 0 Å². The van der Waals surface area contributed by atoms with Crippen molar-refractivity contribution in [1.82, 2.24) is 19.3 Å². The monoisotopic (exact) mass is 340 g/mol. The minimum Gasteiger partial charge on any atom is -0.439 e. The van der Waals surface area contributed by atoms with E-state index in [9.17, 15) is 4.79 Å². The maximum absolute atomic E-state index is 12.4. The van der Waals surface area contributed by atoms with E-state index in [1.807, 2.05) is 29.8 Å². The number of hydrogen-bond acceptors (Lipinski definition) is 4. The molecule has 0 N–H and O–H groups in total. The molecule has 7 heteroatoms. The Hall–Kier alpha value is -2.86. The first kappa shape index (κ1) is 14.7. The fourth-order valence-corrected chi connectivity index (χ4v) is 2.97. The lowest BCUT2D eigenvalue weighted by Crippen LogP contribution is -2.20. The second-order valence-corrected chi connectivity index (χ2v) is 5.86. The van der Waals surface area contributed by atoms with E-state index in [0.29, 0.717) is 22.3 Å². The highest BCUT2D eigenvalue weighted by Gasteiger charge is 2.13. The molecule has 0 radical (unpaired) electrons. The van der Waals surface area contributed by atoms with Crippen LogP contribution < -0.4 is 10.3 Å². The van der Waals surface area contributed by atoms with Crippen LogP contribution in [0.5, 0.6) is 11.6 Å². The van der Waals surface area contributed by atoms with Gasteiger partial charge in [0.1, 0.15) is 16.4 Å². The molecule has 0 fully saturated rings. The van der Waals surface area contributed by atoms with E-state index in [-0.39, 0.29) is 5.56 Å². The lowest BCUT2D eigenvalue weighted by molar-refractivity contribution is 0.463. The molecule has 0 saturated carbocycles. The van der Waals surface area contributed by atoms with E-state index < -0.39 is 0 Å². The highest BCUT2D eigenvalue weighted by atomic mass is 35.5. The summed E-state index contributed by atoms with van der Waals surface area (Å²) in [6.45, 7) is 0. The quantitative estimate of drug-likeness (QED) is 0.525. The first-order valence-corrected chi connectivity index (χ1v) is 7.67. The number of aryl methyl sites for hydroxylation is 2. The third-order valence-electron chi connectivity index (χ3n) is 3.98. The van der Waals surface area contributed by atoms with Gasteiger partial charge in [-0.15, -0.1) is 0 Å². The fourth-order valence-electron chi connectivity index (χ4n) is 2.82. The van der Waals surface area contributed by atoms with E-state index in [1.54, 1.807) is 31.4 Å². The summed E-state index contributed by atoms with van der Waals surface area (Å²) in [5.41, 5.74) is 1.36. The number of fused-ring (bicyclic) bond motifs is 3. The van der Waals surface area contributed by atoms with Crippen molar-refractivity contribution in [2.24, 2.45) is 14.1 Å². The van der Waals surface area contributed by atoms with Crippen LogP contribution in [0.25, 0.3) is 21.8 Å². The van der Waals surface area contributed by atoms with E-state index in [0.717, 1.165) is 16.3 Å². The largest absolute Gasteiger partial charge is 0.439 e. The van der Waals surface area contributed by atoms with Gasteiger partial charge >= 0.3 is 0 Å². The van der Waals surface area contributed by atoms with Crippen LogP contribution in [0.1, 0.15) is 0 Å². The second-order valence-electron chi connectivity index (χ2n) is 5.47. The van der Waals surface area contributed by atoms with Crippen molar-refractivity contribution < 1.29 is 4.74 Å². The van der Waals surface area contributed by atoms with Gasteiger partial charge in [0, 0.05) is 37.0 Å². The highest BCUT2D eigenvalue weighted by Crippen LogP contribution is 2.30. The van der Waals surface area contributed by atoms with Crippen LogP contribution in [-0.4, -0.2) is 19.3 Å². The Morgan fingerprint density at radius 2 is 1.96 bits per heavy atom. The molecule has 0 aliphatic rings. The molecule has 24 heavy (non-hydrogen) atoms. The molecule has 120 valence electrons. The summed E-state index contributed by atoms with van der Waals surface area (Å²) in [5.74, 6) is 1.03. The van der Waals surface area contributed by atoms with Crippen LogP contribution in [-0.2, 0) is 14.1 Å². The predicted molar refractivity (Wildman–Crippen MR) is 92.8 cm³/mol. The first-order valence-electron chi connectivity index (χ1n) is 7.29. The van der Waals surface area contributed by atoms with Gasteiger partial charge in [-0.2, -0.15) is 5.10 Å². The van der Waals surface area contributed by atoms with Crippen LogP contribution in [0, 0.1) is 0 Å². The van der Waals surface area contributed by atoms with Crippen LogP contribution in [0.2, 0.25) is 5.15 Å². The standard InChI is InChI=1S/C17H13ClN4O2/c1-21-13-8-10(24-15-5-3-4-14(18)20-15)6-7-11(13)12-9-19-22(2)17(23)16(12)21/h3-9H,1-2H3. The molecule has 4 aromatic rings. The average molecular weight is 341 g/mol. The van der Waals surface area contributed by atoms with Crippen molar-refractivity contribution in [2.75, 3.05) is 0 Å². The zero-order valence-corrected chi connectivity index (χ0v) is 13.8. The Morgan fingerprint density at radius 1 is 1.12 bits per heavy atom. The average Bonchev–Trinajstić information content (AvgIpc) is 2.84. The minimum absolute atomic E-state index is 0.134. The summed E-state index contributed by atoms with van der Waals surface area (Å²) in [4.78, 5) is 16.5. The summed E-state index contributed by atoms with van der Waals surface area (Å²) < 4.78 is 8.95. The van der Waals surface area contributed by atoms with Gasteiger partial charge in [-0.3, -0.25) is 4.79 Å². The molecule has 0 saturated heterocycles. The maximum atomic E-state index is 12.4. The molecule has 1 aromatic carbocycles. The molecule has 0 bridgehead atoms. The van der Waals surface area contributed by atoms with Gasteiger partial charge in [0.25, 0.3) is 5.56 Å². The fraction of sp³-hybridized carbons (Fsp3) is 0.118. The Morgan fingerprint density at radius 3 is 2.75 bits per heavy atom. The third-order valence-corrected chi connectivity index (χ3v) is 4.19. The van der Waals surface area contributed by atoms with Crippen LogP contribution in [0.15, 0.2) is 47.4 Å². The lowest BCUT2D eigenvalue weighted by Gasteiger charge is -2.05. The molecule has 0 atom stereocenters. The SMILES string of the molecule is Cn1ncc2c3ccc(Oc4cccc(Cl)n4)cc3n(C)c2c1=O. The molecule has 0 unspecified atom stereocenters. The number of rotatable bonds is 2. The number of aromatic nitrogens is 4. The number of halogens is 1. The third kappa shape index (κ3) is 2.23. The Bertz CT molecular complexity index is 1150. The van der Waals surface area contributed by atoms with Crippen LogP contribution in [0.4, 0.5) is 0 Å². The summed E-state index contributed by atoms with van der Waals surface area (Å²) >= 11 is 5.88. The molecule has 3 heterocycles. The normalized spacial score (nSPS) is 11.3. The molecule has 4 rings (SSSR count). The van der Waals surface area contributed by atoms with Crippen molar-refractivity contribution in [3.8, 4) is 11.6 Å². The smallest absolute Gasteiger partial charge is 0.291 e. The molecular formula is C17H13ClN4O2. The zero-order chi connectivity index (χ0) is 16.8. The van der Waals surface area contributed by atoms with Gasteiger partial charge in [0.15, 0.2) is 0 Å². The summed E-state index contributed by atoms with van der Waals surface area (Å²) in [7, 11) is 3.49. The predicted octanol–water partition coefficient (Wildman–Crippen LogP) is 3.27. The van der Waals surface area contributed by atoms with Crippen molar-refractivity contribution in [2.45, 2.75) is 0 Å². The van der Waals surface area contributed by atoms with Crippen molar-refractivity contribution in [3.63, 3.8) is 0 Å². The summed E-state index contributed by atoms with van der Waals surface area (Å²) in [6.07, 6.45) is 1.71. The minimum atomic E-state index is -0.134. The van der Waals surface area contributed by atoms with Gasteiger partial charge in [0.2, 0.25) is 5.88 Å². The van der Waals surface area contributed by atoms with Gasteiger partial charge in [0.05, 0.1) is 11.7 Å². The van der Waals surface area contributed by atoms with E-state index >= 15 is 0 Å². The van der Waals surface area contributed by atoms with E-state index in [2.05, 4.69) is 10.1 Å². The Labute approximate surface area is 141 Å².